The van der Waals surface area contributed by atoms with Crippen LogP contribution >= 0.6 is 0 Å². The molecule has 1 heterocycles. The highest BCUT2D eigenvalue weighted by Crippen LogP contribution is 2.36. The average Bonchev–Trinajstić information content (AvgIpc) is 3.19. The Balaban J connectivity index is 1.74. The van der Waals surface area contributed by atoms with Crippen molar-refractivity contribution in [2.45, 2.75) is 78.6 Å². The number of aromatic nitrogens is 3. The number of phenols is 1. The fourth-order valence-electron chi connectivity index (χ4n) is 4.04. The molecule has 2 aromatic carbocycles. The number of fused-ring (bicyclic) bond motifs is 1. The molecule has 3 aromatic rings. The lowest BCUT2D eigenvalue weighted by Crippen LogP contribution is -2.14. The van der Waals surface area contributed by atoms with E-state index in [2.05, 4.69) is 50.9 Å². The first-order valence-electron chi connectivity index (χ1n) is 12.1. The van der Waals surface area contributed by atoms with E-state index in [4.69, 9.17) is 4.74 Å². The Labute approximate surface area is 192 Å². The summed E-state index contributed by atoms with van der Waals surface area (Å²) in [6.45, 7) is 12.5. The molecular formula is C27H39N3O2. The Kier molecular flexibility index (Phi) is 8.30. The van der Waals surface area contributed by atoms with Gasteiger partial charge in [0.25, 0.3) is 0 Å². The molecule has 1 N–H and O–H groups in total. The molecule has 0 saturated heterocycles. The predicted octanol–water partition coefficient (Wildman–Crippen LogP) is 6.59. The molecule has 174 valence electrons. The fourth-order valence-corrected chi connectivity index (χ4v) is 4.04. The third kappa shape index (κ3) is 6.10. The summed E-state index contributed by atoms with van der Waals surface area (Å²) in [7, 11) is 0. The first-order chi connectivity index (χ1) is 15.3. The van der Waals surface area contributed by atoms with Gasteiger partial charge in [-0.05, 0) is 54.4 Å². The number of ether oxygens (including phenoxy) is 1. The lowest BCUT2D eigenvalue weighted by atomic mass is 9.84. The Bertz CT molecular complexity index is 971. The highest BCUT2D eigenvalue weighted by molar-refractivity contribution is 5.73. The van der Waals surface area contributed by atoms with Crippen LogP contribution in [-0.4, -0.2) is 33.3 Å². The second-order valence-corrected chi connectivity index (χ2v) is 9.83. The van der Waals surface area contributed by atoms with Crippen LogP contribution < -0.4 is 0 Å². The molecule has 0 radical (unpaired) electrons. The van der Waals surface area contributed by atoms with Gasteiger partial charge in [0.15, 0.2) is 0 Å². The van der Waals surface area contributed by atoms with E-state index in [0.717, 1.165) is 42.7 Å². The maximum atomic E-state index is 11.1. The topological polar surface area (TPSA) is 60.2 Å². The smallest absolute Gasteiger partial charge is 0.146 e. The minimum Gasteiger partial charge on any atom is -0.505 e. The van der Waals surface area contributed by atoms with E-state index in [1.807, 2.05) is 30.3 Å². The zero-order valence-corrected chi connectivity index (χ0v) is 20.4. The monoisotopic (exact) mass is 437 g/mol. The van der Waals surface area contributed by atoms with E-state index in [9.17, 15) is 5.11 Å². The minimum absolute atomic E-state index is 0.189. The summed E-state index contributed by atoms with van der Waals surface area (Å²) in [5.74, 6) is 0.919. The Morgan fingerprint density at radius 2 is 1.72 bits per heavy atom. The molecule has 1 atom stereocenters. The van der Waals surface area contributed by atoms with Gasteiger partial charge in [-0.25, -0.2) is 0 Å². The summed E-state index contributed by atoms with van der Waals surface area (Å²) in [5, 5.41) is 20.3. The highest BCUT2D eigenvalue weighted by Gasteiger charge is 2.23. The molecule has 0 aliphatic rings. The van der Waals surface area contributed by atoms with Crippen molar-refractivity contribution in [1.82, 2.24) is 15.0 Å². The van der Waals surface area contributed by atoms with Crippen LogP contribution in [0.4, 0.5) is 0 Å². The zero-order chi connectivity index (χ0) is 23.1. The number of aromatic hydroxyl groups is 1. The van der Waals surface area contributed by atoms with Crippen LogP contribution in [0.1, 0.15) is 77.8 Å². The van der Waals surface area contributed by atoms with Gasteiger partial charge in [0, 0.05) is 18.8 Å². The SMILES string of the molecule is CCCCC(CC)COCCCc1cc(-n2nc3ccccc3n2)c(O)c(C(C)(C)C)c1. The van der Waals surface area contributed by atoms with Crippen molar-refractivity contribution >= 4 is 11.0 Å². The zero-order valence-electron chi connectivity index (χ0n) is 20.4. The minimum atomic E-state index is -0.189. The van der Waals surface area contributed by atoms with Gasteiger partial charge >= 0.3 is 0 Å². The first kappa shape index (κ1) is 24.2. The molecule has 1 aromatic heterocycles. The van der Waals surface area contributed by atoms with Crippen LogP contribution in [-0.2, 0) is 16.6 Å². The van der Waals surface area contributed by atoms with E-state index in [1.54, 1.807) is 4.80 Å². The van der Waals surface area contributed by atoms with Crippen LogP contribution in [0.3, 0.4) is 0 Å². The number of benzene rings is 2. The van der Waals surface area contributed by atoms with Crippen molar-refractivity contribution in [1.29, 1.82) is 0 Å². The maximum absolute atomic E-state index is 11.1. The predicted molar refractivity (Wildman–Crippen MR) is 132 cm³/mol. The van der Waals surface area contributed by atoms with Crippen molar-refractivity contribution in [2.75, 3.05) is 13.2 Å². The molecule has 0 saturated carbocycles. The third-order valence-electron chi connectivity index (χ3n) is 6.11. The van der Waals surface area contributed by atoms with Gasteiger partial charge in [-0.3, -0.25) is 0 Å². The highest BCUT2D eigenvalue weighted by atomic mass is 16.5. The van der Waals surface area contributed by atoms with Gasteiger partial charge in [0.05, 0.1) is 0 Å². The number of hydrogen-bond acceptors (Lipinski definition) is 4. The Morgan fingerprint density at radius 1 is 1.03 bits per heavy atom. The van der Waals surface area contributed by atoms with E-state index >= 15 is 0 Å². The van der Waals surface area contributed by atoms with Gasteiger partial charge < -0.3 is 9.84 Å². The van der Waals surface area contributed by atoms with Crippen molar-refractivity contribution in [2.24, 2.45) is 5.92 Å². The first-order valence-corrected chi connectivity index (χ1v) is 12.1. The summed E-state index contributed by atoms with van der Waals surface area (Å²) in [4.78, 5) is 1.56. The molecule has 0 bridgehead atoms. The van der Waals surface area contributed by atoms with E-state index < -0.39 is 0 Å². The van der Waals surface area contributed by atoms with Gasteiger partial charge in [-0.1, -0.05) is 72.1 Å². The van der Waals surface area contributed by atoms with E-state index in [-0.39, 0.29) is 11.2 Å². The molecule has 0 fully saturated rings. The molecule has 3 rings (SSSR count). The lowest BCUT2D eigenvalue weighted by Gasteiger charge is -2.23. The molecule has 0 spiro atoms. The summed E-state index contributed by atoms with van der Waals surface area (Å²) in [6.07, 6.45) is 6.81. The van der Waals surface area contributed by atoms with Crippen molar-refractivity contribution in [3.63, 3.8) is 0 Å². The number of nitrogens with zero attached hydrogens (tertiary/aromatic N) is 3. The number of rotatable bonds is 11. The Morgan fingerprint density at radius 3 is 2.31 bits per heavy atom. The van der Waals surface area contributed by atoms with Crippen LogP contribution in [0.25, 0.3) is 16.7 Å². The maximum Gasteiger partial charge on any atom is 0.146 e. The normalized spacial score (nSPS) is 13.0. The molecule has 5 heteroatoms. The number of hydrogen-bond donors (Lipinski definition) is 1. The molecule has 0 aliphatic carbocycles. The van der Waals surface area contributed by atoms with Crippen molar-refractivity contribution in [3.8, 4) is 11.4 Å². The van der Waals surface area contributed by atoms with E-state index in [1.165, 1.54) is 31.2 Å². The van der Waals surface area contributed by atoms with Crippen LogP contribution in [0.2, 0.25) is 0 Å². The molecular weight excluding hydrogens is 398 g/mol. The molecule has 0 aliphatic heterocycles. The largest absolute Gasteiger partial charge is 0.505 e. The van der Waals surface area contributed by atoms with Crippen LogP contribution in [0.15, 0.2) is 36.4 Å². The molecule has 5 nitrogen and oxygen atoms in total. The number of unbranched alkanes of at least 4 members (excludes halogenated alkanes) is 1. The summed E-state index contributed by atoms with van der Waals surface area (Å²) in [5.41, 5.74) is 4.16. The van der Waals surface area contributed by atoms with E-state index in [0.29, 0.717) is 11.6 Å². The number of phenolic OH excluding ortho intramolecular Hbond substituents is 1. The summed E-state index contributed by atoms with van der Waals surface area (Å²) >= 11 is 0. The molecule has 0 amide bonds. The van der Waals surface area contributed by atoms with Crippen LogP contribution in [0.5, 0.6) is 5.75 Å². The number of aryl methyl sites for hydroxylation is 1. The average molecular weight is 438 g/mol. The summed E-state index contributed by atoms with van der Waals surface area (Å²) in [6, 6.07) is 11.9. The Hall–Kier alpha value is -2.40. The van der Waals surface area contributed by atoms with Gasteiger partial charge in [0.1, 0.15) is 22.5 Å². The molecule has 1 unspecified atom stereocenters. The molecule has 32 heavy (non-hydrogen) atoms. The standard InChI is InChI=1S/C27H39N3O2/c1-6-8-12-20(7-2)19-32-16-11-13-21-17-22(27(3,4)5)26(31)25(18-21)30-28-23-14-9-10-15-24(23)29-30/h9-10,14-15,17-18,20,31H,6-8,11-13,16,19H2,1-5H3. The van der Waals surface area contributed by atoms with Crippen molar-refractivity contribution in [3.05, 3.63) is 47.5 Å². The summed E-state index contributed by atoms with van der Waals surface area (Å²) < 4.78 is 6.00. The third-order valence-corrected chi connectivity index (χ3v) is 6.11. The lowest BCUT2D eigenvalue weighted by molar-refractivity contribution is 0.0923. The fraction of sp³-hybridized carbons (Fsp3) is 0.556. The second kappa shape index (κ2) is 11.0. The quantitative estimate of drug-likeness (QED) is 0.344. The van der Waals surface area contributed by atoms with Gasteiger partial charge in [-0.2, -0.15) is 0 Å². The van der Waals surface area contributed by atoms with Crippen molar-refractivity contribution < 1.29 is 9.84 Å². The van der Waals surface area contributed by atoms with Gasteiger partial charge in [-0.15, -0.1) is 15.0 Å². The van der Waals surface area contributed by atoms with Crippen LogP contribution in [0, 0.1) is 5.92 Å². The second-order valence-electron chi connectivity index (χ2n) is 9.83. The van der Waals surface area contributed by atoms with Gasteiger partial charge in [0.2, 0.25) is 0 Å².